The lowest BCUT2D eigenvalue weighted by Crippen LogP contribution is -2.43. The number of carbonyl (C=O) groups excluding carboxylic acids is 1. The number of aromatic nitrogens is 2. The molecule has 0 bridgehead atoms. The van der Waals surface area contributed by atoms with Crippen molar-refractivity contribution in [2.75, 3.05) is 13.1 Å². The number of carbonyl (C=O) groups is 1. The van der Waals surface area contributed by atoms with E-state index in [-0.39, 0.29) is 18.0 Å². The number of benzene rings is 1. The monoisotopic (exact) mass is 327 g/mol. The minimum atomic E-state index is -0.633. The van der Waals surface area contributed by atoms with Gasteiger partial charge in [-0.15, -0.1) is 0 Å². The molecule has 4 rings (SSSR count). The molecule has 0 N–H and O–H groups in total. The van der Waals surface area contributed by atoms with Gasteiger partial charge in [0, 0.05) is 42.7 Å². The van der Waals surface area contributed by atoms with Crippen LogP contribution in [0.15, 0.2) is 42.7 Å². The van der Waals surface area contributed by atoms with Crippen LogP contribution in [-0.4, -0.2) is 33.4 Å². The van der Waals surface area contributed by atoms with Crippen LogP contribution in [0, 0.1) is 11.6 Å². The average molecular weight is 327 g/mol. The minimum Gasteiger partial charge on any atom is -0.341 e. The van der Waals surface area contributed by atoms with Gasteiger partial charge in [0.2, 0.25) is 5.91 Å². The lowest BCUT2D eigenvalue weighted by atomic mass is 10.1. The molecule has 0 saturated carbocycles. The molecule has 4 nitrogen and oxygen atoms in total. The van der Waals surface area contributed by atoms with E-state index in [4.69, 9.17) is 0 Å². The van der Waals surface area contributed by atoms with E-state index < -0.39 is 11.6 Å². The summed E-state index contributed by atoms with van der Waals surface area (Å²) in [4.78, 5) is 18.3. The van der Waals surface area contributed by atoms with Crippen molar-refractivity contribution in [3.8, 4) is 11.1 Å². The third-order valence-electron chi connectivity index (χ3n) is 4.38. The fourth-order valence-corrected chi connectivity index (χ4v) is 2.88. The summed E-state index contributed by atoms with van der Waals surface area (Å²) in [6.07, 6.45) is 4.41. The summed E-state index contributed by atoms with van der Waals surface area (Å²) in [7, 11) is 0. The first-order valence-electron chi connectivity index (χ1n) is 7.80. The van der Waals surface area contributed by atoms with Crippen molar-refractivity contribution in [1.29, 1.82) is 0 Å². The third kappa shape index (κ3) is 2.54. The highest BCUT2D eigenvalue weighted by molar-refractivity contribution is 5.84. The molecule has 0 spiro atoms. The van der Waals surface area contributed by atoms with Gasteiger partial charge in [-0.25, -0.2) is 8.78 Å². The van der Waals surface area contributed by atoms with Crippen molar-refractivity contribution < 1.29 is 13.6 Å². The SMILES string of the molecule is O=C(Cn1ccc2ncc(-c3ccc(F)cc3F)cc21)N1CCC1. The maximum atomic E-state index is 14.0. The van der Waals surface area contributed by atoms with Crippen LogP contribution >= 0.6 is 0 Å². The third-order valence-corrected chi connectivity index (χ3v) is 4.38. The molecule has 122 valence electrons. The average Bonchev–Trinajstić information content (AvgIpc) is 2.88. The summed E-state index contributed by atoms with van der Waals surface area (Å²) in [6, 6.07) is 7.07. The second kappa shape index (κ2) is 5.70. The van der Waals surface area contributed by atoms with Crippen molar-refractivity contribution in [1.82, 2.24) is 14.5 Å². The Morgan fingerprint density at radius 1 is 1.17 bits per heavy atom. The highest BCUT2D eigenvalue weighted by Gasteiger charge is 2.20. The van der Waals surface area contributed by atoms with Gasteiger partial charge < -0.3 is 9.47 Å². The van der Waals surface area contributed by atoms with Crippen molar-refractivity contribution in [3.63, 3.8) is 0 Å². The predicted molar refractivity (Wildman–Crippen MR) is 86.3 cm³/mol. The molecule has 3 aromatic rings. The van der Waals surface area contributed by atoms with E-state index in [1.165, 1.54) is 12.1 Å². The molecule has 3 heterocycles. The van der Waals surface area contributed by atoms with Crippen LogP contribution in [0.1, 0.15) is 6.42 Å². The number of pyridine rings is 1. The number of amides is 1. The van der Waals surface area contributed by atoms with Gasteiger partial charge in [0.1, 0.15) is 18.2 Å². The molecule has 1 aliphatic rings. The Labute approximate surface area is 137 Å². The molecule has 0 atom stereocenters. The summed E-state index contributed by atoms with van der Waals surface area (Å²) in [6.45, 7) is 1.85. The normalized spacial score (nSPS) is 14.0. The summed E-state index contributed by atoms with van der Waals surface area (Å²) >= 11 is 0. The van der Waals surface area contributed by atoms with Crippen LogP contribution in [0.4, 0.5) is 8.78 Å². The lowest BCUT2D eigenvalue weighted by Gasteiger charge is -2.31. The Morgan fingerprint density at radius 3 is 2.71 bits per heavy atom. The van der Waals surface area contributed by atoms with E-state index in [9.17, 15) is 13.6 Å². The zero-order valence-electron chi connectivity index (χ0n) is 12.9. The molecule has 2 aromatic heterocycles. The molecule has 24 heavy (non-hydrogen) atoms. The van der Waals surface area contributed by atoms with Crippen molar-refractivity contribution >= 4 is 16.9 Å². The van der Waals surface area contributed by atoms with Crippen LogP contribution in [0.3, 0.4) is 0 Å². The number of fused-ring (bicyclic) bond motifs is 1. The Hall–Kier alpha value is -2.76. The van der Waals surface area contributed by atoms with Gasteiger partial charge in [-0.2, -0.15) is 0 Å². The quantitative estimate of drug-likeness (QED) is 0.741. The maximum absolute atomic E-state index is 14.0. The van der Waals surface area contributed by atoms with E-state index in [1.807, 2.05) is 15.5 Å². The molecule has 1 fully saturated rings. The van der Waals surface area contributed by atoms with Crippen molar-refractivity contribution in [3.05, 3.63) is 54.4 Å². The second-order valence-electron chi connectivity index (χ2n) is 5.93. The van der Waals surface area contributed by atoms with Crippen LogP contribution in [-0.2, 0) is 11.3 Å². The summed E-state index contributed by atoms with van der Waals surface area (Å²) < 4.78 is 28.9. The van der Waals surface area contributed by atoms with Gasteiger partial charge >= 0.3 is 0 Å². The Kier molecular flexibility index (Phi) is 3.52. The van der Waals surface area contributed by atoms with E-state index in [1.54, 1.807) is 18.5 Å². The van der Waals surface area contributed by atoms with Crippen molar-refractivity contribution in [2.24, 2.45) is 0 Å². The first kappa shape index (κ1) is 14.8. The first-order valence-corrected chi connectivity index (χ1v) is 7.80. The number of hydrogen-bond acceptors (Lipinski definition) is 2. The highest BCUT2D eigenvalue weighted by atomic mass is 19.1. The van der Waals surface area contributed by atoms with E-state index in [0.717, 1.165) is 36.6 Å². The number of rotatable bonds is 3. The second-order valence-corrected chi connectivity index (χ2v) is 5.93. The van der Waals surface area contributed by atoms with E-state index in [0.29, 0.717) is 5.56 Å². The molecule has 1 aliphatic heterocycles. The highest BCUT2D eigenvalue weighted by Crippen LogP contribution is 2.26. The van der Waals surface area contributed by atoms with Crippen LogP contribution in [0.25, 0.3) is 22.2 Å². The maximum Gasteiger partial charge on any atom is 0.242 e. The van der Waals surface area contributed by atoms with Gasteiger partial charge in [0.15, 0.2) is 0 Å². The van der Waals surface area contributed by atoms with Crippen LogP contribution in [0.5, 0.6) is 0 Å². The van der Waals surface area contributed by atoms with Gasteiger partial charge in [-0.3, -0.25) is 9.78 Å². The Bertz CT molecular complexity index is 931. The predicted octanol–water partition coefficient (Wildman–Crippen LogP) is 3.21. The molecule has 1 amide bonds. The number of likely N-dealkylation sites (tertiary alicyclic amines) is 1. The zero-order valence-corrected chi connectivity index (χ0v) is 12.9. The van der Waals surface area contributed by atoms with E-state index in [2.05, 4.69) is 4.98 Å². The van der Waals surface area contributed by atoms with Gasteiger partial charge in [-0.05, 0) is 30.7 Å². The molecule has 0 radical (unpaired) electrons. The minimum absolute atomic E-state index is 0.0668. The fraction of sp³-hybridized carbons (Fsp3) is 0.222. The van der Waals surface area contributed by atoms with E-state index >= 15 is 0 Å². The van der Waals surface area contributed by atoms with Gasteiger partial charge in [0.05, 0.1) is 11.0 Å². The summed E-state index contributed by atoms with van der Waals surface area (Å²) in [5.41, 5.74) is 2.33. The molecular formula is C18H15F2N3O. The van der Waals surface area contributed by atoms with Crippen molar-refractivity contribution in [2.45, 2.75) is 13.0 Å². The molecule has 6 heteroatoms. The summed E-state index contributed by atoms with van der Waals surface area (Å²) in [5.74, 6) is -1.18. The van der Waals surface area contributed by atoms with Gasteiger partial charge in [-0.1, -0.05) is 0 Å². The molecule has 1 aromatic carbocycles. The topological polar surface area (TPSA) is 38.1 Å². The Balaban J connectivity index is 1.71. The van der Waals surface area contributed by atoms with Crippen LogP contribution < -0.4 is 0 Å². The first-order chi connectivity index (χ1) is 11.6. The van der Waals surface area contributed by atoms with Crippen LogP contribution in [0.2, 0.25) is 0 Å². The largest absolute Gasteiger partial charge is 0.341 e. The molecule has 0 unspecified atom stereocenters. The standard InChI is InChI=1S/C18H15F2N3O/c19-13-2-3-14(15(20)9-13)12-8-17-16(21-10-12)4-7-23(17)11-18(24)22-5-1-6-22/h2-4,7-10H,1,5-6,11H2. The fourth-order valence-electron chi connectivity index (χ4n) is 2.88. The summed E-state index contributed by atoms with van der Waals surface area (Å²) in [5, 5.41) is 0. The van der Waals surface area contributed by atoms with Gasteiger partial charge in [0.25, 0.3) is 0 Å². The number of nitrogens with zero attached hydrogens (tertiary/aromatic N) is 3. The number of halogens is 2. The number of hydrogen-bond donors (Lipinski definition) is 0. The zero-order chi connectivity index (χ0) is 16.7. The molecule has 1 saturated heterocycles. The molecular weight excluding hydrogens is 312 g/mol. The smallest absolute Gasteiger partial charge is 0.242 e. The lowest BCUT2D eigenvalue weighted by molar-refractivity contribution is -0.135. The molecule has 0 aliphatic carbocycles. The Morgan fingerprint density at radius 2 is 2.00 bits per heavy atom.